The molecule has 4 aliphatic carbocycles. The molecule has 0 heterocycles. The molecule has 0 aromatic heterocycles. The van der Waals surface area contributed by atoms with E-state index in [1.54, 1.807) is 6.08 Å². The standard InChI is InChI=1S/C23H30O5/c1-13(24)28-12-23-10-8-18(26)21(2,3)17(23)11-16(25)20-14-5-6-19(27)22(14,4)9-7-15(20)23/h11,14-15,20H,5-10,12H2,1-4H3. The van der Waals surface area contributed by atoms with Crippen molar-refractivity contribution in [3.63, 3.8) is 0 Å². The summed E-state index contributed by atoms with van der Waals surface area (Å²) < 4.78 is 5.54. The number of hydrogen-bond donors (Lipinski definition) is 0. The molecule has 0 spiro atoms. The third-order valence-electron chi connectivity index (χ3n) is 8.54. The molecule has 0 bridgehead atoms. The highest BCUT2D eigenvalue weighted by molar-refractivity contribution is 5.99. The monoisotopic (exact) mass is 386 g/mol. The Bertz CT molecular complexity index is 806. The van der Waals surface area contributed by atoms with Gasteiger partial charge in [0.2, 0.25) is 0 Å². The molecule has 0 saturated heterocycles. The highest BCUT2D eigenvalue weighted by Gasteiger charge is 2.64. The summed E-state index contributed by atoms with van der Waals surface area (Å²) in [7, 11) is 0. The third-order valence-corrected chi connectivity index (χ3v) is 8.54. The maximum absolute atomic E-state index is 13.3. The minimum Gasteiger partial charge on any atom is -0.465 e. The van der Waals surface area contributed by atoms with Crippen LogP contribution in [0.5, 0.6) is 0 Å². The van der Waals surface area contributed by atoms with E-state index in [2.05, 4.69) is 0 Å². The van der Waals surface area contributed by atoms with Gasteiger partial charge in [-0.25, -0.2) is 0 Å². The van der Waals surface area contributed by atoms with E-state index in [0.717, 1.165) is 24.8 Å². The van der Waals surface area contributed by atoms with Crippen LogP contribution < -0.4 is 0 Å². The van der Waals surface area contributed by atoms with E-state index in [9.17, 15) is 19.2 Å². The summed E-state index contributed by atoms with van der Waals surface area (Å²) in [6, 6.07) is 0. The molecular weight excluding hydrogens is 356 g/mol. The summed E-state index contributed by atoms with van der Waals surface area (Å²) in [5.41, 5.74) is -0.776. The minimum absolute atomic E-state index is 0.0238. The first kappa shape index (κ1) is 19.5. The van der Waals surface area contributed by atoms with Gasteiger partial charge in [0.25, 0.3) is 0 Å². The number of fused-ring (bicyclic) bond motifs is 5. The van der Waals surface area contributed by atoms with Crippen LogP contribution in [0.4, 0.5) is 0 Å². The van der Waals surface area contributed by atoms with Crippen LogP contribution in [0.15, 0.2) is 11.6 Å². The first-order valence-electron chi connectivity index (χ1n) is 10.5. The van der Waals surface area contributed by atoms with Crippen molar-refractivity contribution in [1.82, 2.24) is 0 Å². The molecular formula is C23H30O5. The van der Waals surface area contributed by atoms with Crippen molar-refractivity contribution in [1.29, 1.82) is 0 Å². The van der Waals surface area contributed by atoms with Crippen molar-refractivity contribution in [2.24, 2.45) is 34.0 Å². The van der Waals surface area contributed by atoms with E-state index in [4.69, 9.17) is 4.74 Å². The fourth-order valence-corrected chi connectivity index (χ4v) is 6.92. The lowest BCUT2D eigenvalue weighted by molar-refractivity contribution is -0.155. The number of ketones is 3. The second-order valence-electron chi connectivity index (χ2n) is 10.1. The number of carbonyl (C=O) groups excluding carboxylic acids is 4. The topological polar surface area (TPSA) is 77.5 Å². The highest BCUT2D eigenvalue weighted by Crippen LogP contribution is 2.65. The van der Waals surface area contributed by atoms with Gasteiger partial charge in [0.05, 0.1) is 0 Å². The Balaban J connectivity index is 1.84. The van der Waals surface area contributed by atoms with E-state index in [0.29, 0.717) is 19.3 Å². The Labute approximate surface area is 166 Å². The van der Waals surface area contributed by atoms with E-state index in [1.165, 1.54) is 6.92 Å². The quantitative estimate of drug-likeness (QED) is 0.680. The van der Waals surface area contributed by atoms with Crippen molar-refractivity contribution in [2.45, 2.75) is 66.2 Å². The fraction of sp³-hybridized carbons (Fsp3) is 0.739. The van der Waals surface area contributed by atoms with E-state index in [-0.39, 0.29) is 47.7 Å². The lowest BCUT2D eigenvalue weighted by Gasteiger charge is -2.58. The molecule has 5 nitrogen and oxygen atoms in total. The van der Waals surface area contributed by atoms with Crippen LogP contribution in [-0.4, -0.2) is 29.9 Å². The SMILES string of the molecule is CC(=O)OCC12CCC(=O)C(C)(C)C1=CC(=O)C1C3CCC(=O)C3(C)CCC12. The van der Waals surface area contributed by atoms with Crippen LogP contribution in [0.1, 0.15) is 66.2 Å². The molecule has 5 atom stereocenters. The molecule has 0 radical (unpaired) electrons. The molecule has 0 N–H and O–H groups in total. The molecule has 28 heavy (non-hydrogen) atoms. The van der Waals surface area contributed by atoms with Crippen LogP contribution in [-0.2, 0) is 23.9 Å². The molecule has 4 rings (SSSR count). The highest BCUT2D eigenvalue weighted by atomic mass is 16.5. The Morgan fingerprint density at radius 2 is 1.75 bits per heavy atom. The average molecular weight is 386 g/mol. The number of allylic oxidation sites excluding steroid dienone is 1. The van der Waals surface area contributed by atoms with Crippen molar-refractivity contribution >= 4 is 23.3 Å². The van der Waals surface area contributed by atoms with Crippen molar-refractivity contribution in [2.75, 3.05) is 6.61 Å². The third kappa shape index (κ3) is 2.44. The van der Waals surface area contributed by atoms with Crippen LogP contribution >= 0.6 is 0 Å². The van der Waals surface area contributed by atoms with Gasteiger partial charge in [0, 0.05) is 41.9 Å². The lowest BCUT2D eigenvalue weighted by atomic mass is 9.44. The molecule has 0 aromatic carbocycles. The molecule has 152 valence electrons. The number of carbonyl (C=O) groups is 4. The predicted molar refractivity (Wildman–Crippen MR) is 102 cm³/mol. The summed E-state index contributed by atoms with van der Waals surface area (Å²) in [6.45, 7) is 7.43. The van der Waals surface area contributed by atoms with Gasteiger partial charge in [-0.05, 0) is 63.0 Å². The van der Waals surface area contributed by atoms with E-state index < -0.39 is 16.2 Å². The molecule has 0 aromatic rings. The smallest absolute Gasteiger partial charge is 0.302 e. The number of hydrogen-bond acceptors (Lipinski definition) is 5. The Hall–Kier alpha value is -1.78. The number of rotatable bonds is 2. The zero-order valence-corrected chi connectivity index (χ0v) is 17.3. The Morgan fingerprint density at radius 1 is 1.04 bits per heavy atom. The van der Waals surface area contributed by atoms with Crippen molar-refractivity contribution in [3.8, 4) is 0 Å². The van der Waals surface area contributed by atoms with Gasteiger partial charge < -0.3 is 4.74 Å². The second kappa shape index (κ2) is 6.11. The van der Waals surface area contributed by atoms with Gasteiger partial charge in [-0.2, -0.15) is 0 Å². The van der Waals surface area contributed by atoms with Gasteiger partial charge in [0.1, 0.15) is 18.2 Å². The maximum Gasteiger partial charge on any atom is 0.302 e. The zero-order chi connectivity index (χ0) is 20.5. The largest absolute Gasteiger partial charge is 0.465 e. The van der Waals surface area contributed by atoms with Crippen LogP contribution in [0, 0.1) is 34.0 Å². The van der Waals surface area contributed by atoms with E-state index >= 15 is 0 Å². The maximum atomic E-state index is 13.3. The molecule has 0 amide bonds. The number of esters is 1. The fourth-order valence-electron chi connectivity index (χ4n) is 6.92. The first-order valence-corrected chi connectivity index (χ1v) is 10.5. The Kier molecular flexibility index (Phi) is 4.26. The van der Waals surface area contributed by atoms with Gasteiger partial charge in [-0.3, -0.25) is 19.2 Å². The Morgan fingerprint density at radius 3 is 2.43 bits per heavy atom. The van der Waals surface area contributed by atoms with Crippen LogP contribution in [0.3, 0.4) is 0 Å². The first-order chi connectivity index (χ1) is 13.0. The normalized spacial score (nSPS) is 41.6. The van der Waals surface area contributed by atoms with Gasteiger partial charge >= 0.3 is 5.97 Å². The summed E-state index contributed by atoms with van der Waals surface area (Å²) >= 11 is 0. The summed E-state index contributed by atoms with van der Waals surface area (Å²) in [6.07, 6.45) is 5.58. The molecule has 5 unspecified atom stereocenters. The number of ether oxygens (including phenoxy) is 1. The van der Waals surface area contributed by atoms with Crippen molar-refractivity contribution in [3.05, 3.63) is 11.6 Å². The average Bonchev–Trinajstić information content (AvgIpc) is 2.93. The van der Waals surface area contributed by atoms with E-state index in [1.807, 2.05) is 20.8 Å². The summed E-state index contributed by atoms with van der Waals surface area (Å²) in [4.78, 5) is 50.3. The van der Waals surface area contributed by atoms with Gasteiger partial charge in [0.15, 0.2) is 5.78 Å². The van der Waals surface area contributed by atoms with Crippen LogP contribution in [0.2, 0.25) is 0 Å². The molecule has 3 fully saturated rings. The van der Waals surface area contributed by atoms with Crippen LogP contribution in [0.25, 0.3) is 0 Å². The molecule has 4 aliphatic rings. The summed E-state index contributed by atoms with van der Waals surface area (Å²) in [5, 5.41) is 0. The second-order valence-corrected chi connectivity index (χ2v) is 10.1. The minimum atomic E-state index is -0.731. The predicted octanol–water partition coefficient (Wildman–Crippen LogP) is 3.45. The van der Waals surface area contributed by atoms with Gasteiger partial charge in [-0.1, -0.05) is 6.92 Å². The van der Waals surface area contributed by atoms with Gasteiger partial charge in [-0.15, -0.1) is 0 Å². The molecule has 3 saturated carbocycles. The zero-order valence-electron chi connectivity index (χ0n) is 17.3. The molecule has 0 aliphatic heterocycles. The molecule has 5 heteroatoms. The number of Topliss-reactive ketones (excluding diaryl/α,β-unsaturated/α-hetero) is 2. The van der Waals surface area contributed by atoms with Crippen molar-refractivity contribution < 1.29 is 23.9 Å². The lowest BCUT2D eigenvalue weighted by Crippen LogP contribution is -2.58. The summed E-state index contributed by atoms with van der Waals surface area (Å²) in [5.74, 6) is 0.00971.